The summed E-state index contributed by atoms with van der Waals surface area (Å²) in [6.45, 7) is 1.98. The molecule has 3 rings (SSSR count). The lowest BCUT2D eigenvalue weighted by atomic mass is 10.0. The second-order valence-electron chi connectivity index (χ2n) is 6.05. The van der Waals surface area contributed by atoms with Crippen LogP contribution in [0, 0.1) is 25.1 Å². The molecule has 1 heterocycles. The van der Waals surface area contributed by atoms with Crippen LogP contribution in [0.1, 0.15) is 5.56 Å². The Morgan fingerprint density at radius 3 is 2.38 bits per heavy atom. The molecule has 0 aliphatic heterocycles. The summed E-state index contributed by atoms with van der Waals surface area (Å²) in [6, 6.07) is 11.4. The average molecular weight is 368 g/mol. The number of sulfone groups is 1. The molecule has 0 N–H and O–H groups in total. The third-order valence-corrected chi connectivity index (χ3v) is 5.18. The minimum absolute atomic E-state index is 0.229. The molecule has 0 aliphatic rings. The Balaban J connectivity index is 2.14. The van der Waals surface area contributed by atoms with Crippen LogP contribution in [0.25, 0.3) is 22.4 Å². The maximum atomic E-state index is 14.0. The fourth-order valence-corrected chi connectivity index (χ4v) is 3.27. The first-order chi connectivity index (χ1) is 12.3. The minimum Gasteiger partial charge on any atom is -0.259 e. The number of halogens is 1. The van der Waals surface area contributed by atoms with Crippen molar-refractivity contribution in [2.24, 2.45) is 0 Å². The summed E-state index contributed by atoms with van der Waals surface area (Å²) in [5, 5.41) is 4.49. The Morgan fingerprint density at radius 2 is 1.81 bits per heavy atom. The van der Waals surface area contributed by atoms with Gasteiger partial charge in [0.2, 0.25) is 0 Å². The molecular formula is C20H17FN2O2S. The second-order valence-corrected chi connectivity index (χ2v) is 8.07. The molecule has 0 saturated heterocycles. The van der Waals surface area contributed by atoms with E-state index in [1.807, 2.05) is 6.07 Å². The van der Waals surface area contributed by atoms with Gasteiger partial charge in [-0.2, -0.15) is 5.10 Å². The average Bonchev–Trinajstić information content (AvgIpc) is 3.01. The molecular weight excluding hydrogens is 351 g/mol. The smallest absolute Gasteiger partial charge is 0.175 e. The molecule has 2 aromatic carbocycles. The lowest BCUT2D eigenvalue weighted by Crippen LogP contribution is -1.97. The van der Waals surface area contributed by atoms with E-state index in [4.69, 9.17) is 6.42 Å². The lowest BCUT2D eigenvalue weighted by Gasteiger charge is -2.05. The molecule has 0 spiro atoms. The molecule has 26 heavy (non-hydrogen) atoms. The number of nitrogens with zero attached hydrogens (tertiary/aromatic N) is 2. The molecule has 4 nitrogen and oxygen atoms in total. The number of rotatable bonds is 4. The van der Waals surface area contributed by atoms with Crippen molar-refractivity contribution >= 4 is 9.84 Å². The van der Waals surface area contributed by atoms with Crippen LogP contribution in [0.15, 0.2) is 53.6 Å². The SMILES string of the molecule is C#CCn1cc(-c2ccc(C)c(F)c2)c(-c2ccc(S(C)(=O)=O)cc2)n1. The topological polar surface area (TPSA) is 52.0 Å². The number of aryl methyl sites for hydroxylation is 1. The molecule has 6 heteroatoms. The molecule has 3 aromatic rings. The Hall–Kier alpha value is -2.91. The Kier molecular flexibility index (Phi) is 4.66. The van der Waals surface area contributed by atoms with Crippen LogP contribution in [0.3, 0.4) is 0 Å². The van der Waals surface area contributed by atoms with Crippen LogP contribution in [-0.4, -0.2) is 24.5 Å². The van der Waals surface area contributed by atoms with E-state index in [1.54, 1.807) is 36.0 Å². The Bertz CT molecular complexity index is 1110. The van der Waals surface area contributed by atoms with Gasteiger partial charge in [0.1, 0.15) is 18.1 Å². The quantitative estimate of drug-likeness (QED) is 0.660. The summed E-state index contributed by atoms with van der Waals surface area (Å²) >= 11 is 0. The first kappa shape index (κ1) is 17.9. The highest BCUT2D eigenvalue weighted by molar-refractivity contribution is 7.90. The minimum atomic E-state index is -3.28. The van der Waals surface area contributed by atoms with Gasteiger partial charge in [-0.1, -0.05) is 30.2 Å². The monoisotopic (exact) mass is 368 g/mol. The van der Waals surface area contributed by atoms with Gasteiger partial charge >= 0.3 is 0 Å². The van der Waals surface area contributed by atoms with Gasteiger partial charge in [-0.15, -0.1) is 6.42 Å². The summed E-state index contributed by atoms with van der Waals surface area (Å²) in [5.41, 5.74) is 3.31. The highest BCUT2D eigenvalue weighted by Crippen LogP contribution is 2.32. The standard InChI is InChI=1S/C20H17FN2O2S/c1-4-11-23-13-18(16-6-5-14(2)19(21)12-16)20(22-23)15-7-9-17(10-8-15)26(3,24)25/h1,5-10,12-13H,11H2,2-3H3. The molecule has 0 atom stereocenters. The van der Waals surface area contributed by atoms with Crippen LogP contribution in [0.5, 0.6) is 0 Å². The Labute approximate surface area is 152 Å². The summed E-state index contributed by atoms with van der Waals surface area (Å²) in [7, 11) is -3.28. The second kappa shape index (κ2) is 6.77. The summed E-state index contributed by atoms with van der Waals surface area (Å²) in [5.74, 6) is 2.22. The summed E-state index contributed by atoms with van der Waals surface area (Å²) in [4.78, 5) is 0.229. The van der Waals surface area contributed by atoms with Gasteiger partial charge in [0.15, 0.2) is 9.84 Å². The summed E-state index contributed by atoms with van der Waals surface area (Å²) in [6.07, 6.45) is 8.30. The highest BCUT2D eigenvalue weighted by Gasteiger charge is 2.15. The van der Waals surface area contributed by atoms with E-state index < -0.39 is 9.84 Å². The van der Waals surface area contributed by atoms with Crippen molar-refractivity contribution in [3.63, 3.8) is 0 Å². The van der Waals surface area contributed by atoms with E-state index in [0.29, 0.717) is 16.8 Å². The third kappa shape index (κ3) is 3.53. The van der Waals surface area contributed by atoms with Gasteiger partial charge in [-0.05, 0) is 36.2 Å². The van der Waals surface area contributed by atoms with Gasteiger partial charge in [0, 0.05) is 23.6 Å². The number of hydrogen-bond donors (Lipinski definition) is 0. The molecule has 0 fully saturated rings. The molecule has 132 valence electrons. The first-order valence-corrected chi connectivity index (χ1v) is 9.76. The van der Waals surface area contributed by atoms with Crippen LogP contribution >= 0.6 is 0 Å². The fourth-order valence-electron chi connectivity index (χ4n) is 2.64. The number of aromatic nitrogens is 2. The fraction of sp³-hybridized carbons (Fsp3) is 0.150. The normalized spacial score (nSPS) is 11.3. The van der Waals surface area contributed by atoms with Crippen molar-refractivity contribution < 1.29 is 12.8 Å². The predicted octanol–water partition coefficient (Wildman–Crippen LogP) is 3.70. The van der Waals surface area contributed by atoms with E-state index in [2.05, 4.69) is 11.0 Å². The van der Waals surface area contributed by atoms with Crippen molar-refractivity contribution in [2.45, 2.75) is 18.4 Å². The molecule has 0 aliphatic carbocycles. The van der Waals surface area contributed by atoms with Crippen molar-refractivity contribution in [3.8, 4) is 34.7 Å². The van der Waals surface area contributed by atoms with Gasteiger partial charge in [0.25, 0.3) is 0 Å². The zero-order valence-corrected chi connectivity index (χ0v) is 15.2. The predicted molar refractivity (Wildman–Crippen MR) is 99.7 cm³/mol. The van der Waals surface area contributed by atoms with E-state index >= 15 is 0 Å². The van der Waals surface area contributed by atoms with E-state index in [9.17, 15) is 12.8 Å². The largest absolute Gasteiger partial charge is 0.259 e. The third-order valence-electron chi connectivity index (χ3n) is 4.05. The number of terminal acetylenes is 1. The van der Waals surface area contributed by atoms with E-state index in [0.717, 1.165) is 17.4 Å². The van der Waals surface area contributed by atoms with E-state index in [1.165, 1.54) is 18.2 Å². The van der Waals surface area contributed by atoms with Crippen LogP contribution in [-0.2, 0) is 16.4 Å². The van der Waals surface area contributed by atoms with Gasteiger partial charge in [0.05, 0.1) is 4.90 Å². The van der Waals surface area contributed by atoms with Crippen molar-refractivity contribution in [2.75, 3.05) is 6.26 Å². The summed E-state index contributed by atoms with van der Waals surface area (Å²) < 4.78 is 38.9. The van der Waals surface area contributed by atoms with Crippen LogP contribution in [0.4, 0.5) is 4.39 Å². The van der Waals surface area contributed by atoms with Gasteiger partial charge in [-0.3, -0.25) is 4.68 Å². The van der Waals surface area contributed by atoms with Crippen molar-refractivity contribution in [1.82, 2.24) is 9.78 Å². The van der Waals surface area contributed by atoms with Crippen molar-refractivity contribution in [1.29, 1.82) is 0 Å². The lowest BCUT2D eigenvalue weighted by molar-refractivity contribution is 0.602. The number of hydrogen-bond acceptors (Lipinski definition) is 3. The maximum absolute atomic E-state index is 14.0. The molecule has 1 aromatic heterocycles. The highest BCUT2D eigenvalue weighted by atomic mass is 32.2. The zero-order valence-electron chi connectivity index (χ0n) is 14.4. The number of benzene rings is 2. The zero-order chi connectivity index (χ0) is 18.9. The van der Waals surface area contributed by atoms with Crippen LogP contribution < -0.4 is 0 Å². The van der Waals surface area contributed by atoms with E-state index in [-0.39, 0.29) is 17.3 Å². The van der Waals surface area contributed by atoms with Crippen LogP contribution in [0.2, 0.25) is 0 Å². The van der Waals surface area contributed by atoms with Gasteiger partial charge < -0.3 is 0 Å². The van der Waals surface area contributed by atoms with Crippen molar-refractivity contribution in [3.05, 3.63) is 60.0 Å². The first-order valence-electron chi connectivity index (χ1n) is 7.87. The maximum Gasteiger partial charge on any atom is 0.175 e. The molecule has 0 bridgehead atoms. The molecule has 0 amide bonds. The van der Waals surface area contributed by atoms with Gasteiger partial charge in [-0.25, -0.2) is 12.8 Å². The molecule has 0 saturated carbocycles. The Morgan fingerprint density at radius 1 is 1.15 bits per heavy atom. The molecule has 0 radical (unpaired) electrons. The molecule has 0 unspecified atom stereocenters.